The molecule has 0 saturated heterocycles. The van der Waals surface area contributed by atoms with E-state index in [-0.39, 0.29) is 6.61 Å². The minimum Gasteiger partial charge on any atom is -0.307 e. The van der Waals surface area contributed by atoms with Crippen molar-refractivity contribution in [1.82, 2.24) is 0 Å². The predicted octanol–water partition coefficient (Wildman–Crippen LogP) is 2.68. The minimum atomic E-state index is -0.431. The monoisotopic (exact) mass is 172 g/mol. The van der Waals surface area contributed by atoms with Crippen molar-refractivity contribution in [2.75, 3.05) is 13.3 Å². The zero-order valence-corrected chi connectivity index (χ0v) is 6.81. The maximum absolute atomic E-state index is 11.6. The van der Waals surface area contributed by atoms with Gasteiger partial charge in [0, 0.05) is 16.9 Å². The Balaban J connectivity index is 2.28. The molecule has 0 fully saturated rings. The molecule has 0 unspecified atom stereocenters. The van der Waals surface area contributed by atoms with Crippen molar-refractivity contribution in [2.24, 2.45) is 0 Å². The third-order valence-electron chi connectivity index (χ3n) is 1.06. The van der Waals surface area contributed by atoms with Crippen LogP contribution >= 0.6 is 12.0 Å². The molecule has 0 saturated carbocycles. The van der Waals surface area contributed by atoms with E-state index in [1.54, 1.807) is 0 Å². The molecule has 0 radical (unpaired) electrons. The summed E-state index contributed by atoms with van der Waals surface area (Å²) in [7, 11) is 0. The van der Waals surface area contributed by atoms with E-state index >= 15 is 0 Å². The van der Waals surface area contributed by atoms with E-state index < -0.39 is 6.67 Å². The van der Waals surface area contributed by atoms with Gasteiger partial charge >= 0.3 is 0 Å². The predicted molar refractivity (Wildman–Crippen MR) is 44.2 cm³/mol. The standard InChI is InChI=1S/C8H9FOS/c9-6-7-10-11-8-4-2-1-3-5-8/h1-5H,6-7H2. The first-order valence-corrected chi connectivity index (χ1v) is 4.08. The van der Waals surface area contributed by atoms with Gasteiger partial charge in [-0.2, -0.15) is 0 Å². The van der Waals surface area contributed by atoms with Crippen molar-refractivity contribution >= 4 is 12.0 Å². The number of rotatable bonds is 4. The van der Waals surface area contributed by atoms with Gasteiger partial charge < -0.3 is 4.18 Å². The van der Waals surface area contributed by atoms with Gasteiger partial charge in [-0.05, 0) is 12.1 Å². The van der Waals surface area contributed by atoms with Crippen molar-refractivity contribution in [3.8, 4) is 0 Å². The van der Waals surface area contributed by atoms with Crippen LogP contribution in [0.15, 0.2) is 35.2 Å². The first-order valence-electron chi connectivity index (χ1n) is 3.34. The second-order valence-electron chi connectivity index (χ2n) is 1.91. The Hall–Kier alpha value is -0.540. The quantitative estimate of drug-likeness (QED) is 0.510. The Morgan fingerprint density at radius 3 is 2.64 bits per heavy atom. The Morgan fingerprint density at radius 2 is 2.00 bits per heavy atom. The highest BCUT2D eigenvalue weighted by molar-refractivity contribution is 7.94. The second-order valence-corrected chi connectivity index (χ2v) is 2.78. The number of benzene rings is 1. The molecule has 1 rings (SSSR count). The SMILES string of the molecule is FCCOSc1ccccc1. The second kappa shape index (κ2) is 5.16. The summed E-state index contributed by atoms with van der Waals surface area (Å²) < 4.78 is 16.5. The van der Waals surface area contributed by atoms with Gasteiger partial charge in [-0.1, -0.05) is 18.2 Å². The number of alkyl halides is 1. The maximum atomic E-state index is 11.6. The fourth-order valence-electron chi connectivity index (χ4n) is 0.617. The highest BCUT2D eigenvalue weighted by Gasteiger charge is 1.91. The number of hydrogen-bond donors (Lipinski definition) is 0. The van der Waals surface area contributed by atoms with Crippen LogP contribution in [0.25, 0.3) is 0 Å². The van der Waals surface area contributed by atoms with Crippen molar-refractivity contribution in [2.45, 2.75) is 4.90 Å². The third kappa shape index (κ3) is 3.39. The molecule has 0 heterocycles. The van der Waals surface area contributed by atoms with Gasteiger partial charge in [0.05, 0.1) is 6.61 Å². The summed E-state index contributed by atoms with van der Waals surface area (Å²) in [5.74, 6) is 0. The summed E-state index contributed by atoms with van der Waals surface area (Å²) in [6.45, 7) is -0.278. The van der Waals surface area contributed by atoms with E-state index in [1.165, 1.54) is 12.0 Å². The first-order chi connectivity index (χ1) is 5.43. The summed E-state index contributed by atoms with van der Waals surface area (Å²) in [4.78, 5) is 1.00. The normalized spacial score (nSPS) is 9.91. The largest absolute Gasteiger partial charge is 0.307 e. The highest BCUT2D eigenvalue weighted by atomic mass is 32.2. The molecule has 0 N–H and O–H groups in total. The molecule has 1 nitrogen and oxygen atoms in total. The van der Waals surface area contributed by atoms with Crippen LogP contribution in [0.5, 0.6) is 0 Å². The van der Waals surface area contributed by atoms with E-state index in [0.717, 1.165) is 4.90 Å². The van der Waals surface area contributed by atoms with Crippen LogP contribution < -0.4 is 0 Å². The lowest BCUT2D eigenvalue weighted by molar-refractivity contribution is 0.312. The lowest BCUT2D eigenvalue weighted by Crippen LogP contribution is -1.86. The van der Waals surface area contributed by atoms with Crippen molar-refractivity contribution < 1.29 is 8.57 Å². The molecular formula is C8H9FOS. The molecule has 1 aromatic carbocycles. The van der Waals surface area contributed by atoms with Crippen LogP contribution in [0, 0.1) is 0 Å². The van der Waals surface area contributed by atoms with Gasteiger partial charge in [0.1, 0.15) is 6.67 Å². The topological polar surface area (TPSA) is 9.23 Å². The first kappa shape index (κ1) is 8.56. The van der Waals surface area contributed by atoms with Crippen LogP contribution in [0.3, 0.4) is 0 Å². The average Bonchev–Trinajstić information content (AvgIpc) is 2.07. The lowest BCUT2D eigenvalue weighted by Gasteiger charge is -1.97. The Kier molecular flexibility index (Phi) is 4.01. The Bertz CT molecular complexity index is 191. The molecule has 0 aliphatic rings. The average molecular weight is 172 g/mol. The molecule has 0 aliphatic carbocycles. The van der Waals surface area contributed by atoms with Crippen molar-refractivity contribution in [1.29, 1.82) is 0 Å². The molecule has 0 aliphatic heterocycles. The van der Waals surface area contributed by atoms with E-state index in [1.807, 2.05) is 30.3 Å². The van der Waals surface area contributed by atoms with Gasteiger partial charge in [-0.25, -0.2) is 4.39 Å². The van der Waals surface area contributed by atoms with Gasteiger partial charge in [0.15, 0.2) is 0 Å². The van der Waals surface area contributed by atoms with Crippen LogP contribution in [0.2, 0.25) is 0 Å². The molecule has 0 atom stereocenters. The summed E-state index contributed by atoms with van der Waals surface area (Å²) in [5.41, 5.74) is 0. The number of hydrogen-bond acceptors (Lipinski definition) is 2. The lowest BCUT2D eigenvalue weighted by atomic mass is 10.4. The maximum Gasteiger partial charge on any atom is 0.114 e. The minimum absolute atomic E-state index is 0.152. The molecule has 11 heavy (non-hydrogen) atoms. The van der Waals surface area contributed by atoms with Crippen molar-refractivity contribution in [3.05, 3.63) is 30.3 Å². The molecule has 0 spiro atoms. The summed E-state index contributed by atoms with van der Waals surface area (Å²) in [5, 5.41) is 0. The smallest absolute Gasteiger partial charge is 0.114 e. The fourth-order valence-corrected chi connectivity index (χ4v) is 1.17. The molecule has 0 bridgehead atoms. The molecule has 0 aromatic heterocycles. The number of halogens is 1. The van der Waals surface area contributed by atoms with Crippen LogP contribution in [0.4, 0.5) is 4.39 Å². The van der Waals surface area contributed by atoms with Crippen LogP contribution in [-0.4, -0.2) is 13.3 Å². The summed E-state index contributed by atoms with van der Waals surface area (Å²) in [6.07, 6.45) is 0. The van der Waals surface area contributed by atoms with Gasteiger partial charge in [-0.3, -0.25) is 0 Å². The Morgan fingerprint density at radius 1 is 1.27 bits per heavy atom. The molecular weight excluding hydrogens is 163 g/mol. The molecule has 3 heteroatoms. The van der Waals surface area contributed by atoms with Crippen molar-refractivity contribution in [3.63, 3.8) is 0 Å². The van der Waals surface area contributed by atoms with E-state index in [4.69, 9.17) is 4.18 Å². The van der Waals surface area contributed by atoms with Gasteiger partial charge in [-0.15, -0.1) is 0 Å². The molecule has 60 valence electrons. The summed E-state index contributed by atoms with van der Waals surface area (Å²) in [6, 6.07) is 9.60. The van der Waals surface area contributed by atoms with E-state index in [0.29, 0.717) is 0 Å². The fraction of sp³-hybridized carbons (Fsp3) is 0.250. The van der Waals surface area contributed by atoms with Gasteiger partial charge in [0.2, 0.25) is 0 Å². The van der Waals surface area contributed by atoms with Crippen LogP contribution in [-0.2, 0) is 4.18 Å². The zero-order chi connectivity index (χ0) is 7.94. The molecule has 0 amide bonds. The van der Waals surface area contributed by atoms with Crippen LogP contribution in [0.1, 0.15) is 0 Å². The zero-order valence-electron chi connectivity index (χ0n) is 6.00. The third-order valence-corrected chi connectivity index (χ3v) is 1.81. The highest BCUT2D eigenvalue weighted by Crippen LogP contribution is 2.17. The Labute approximate surface area is 69.8 Å². The van der Waals surface area contributed by atoms with E-state index in [9.17, 15) is 4.39 Å². The van der Waals surface area contributed by atoms with E-state index in [2.05, 4.69) is 0 Å². The molecule has 1 aromatic rings. The summed E-state index contributed by atoms with van der Waals surface area (Å²) >= 11 is 1.20. The van der Waals surface area contributed by atoms with Gasteiger partial charge in [0.25, 0.3) is 0 Å².